The first-order valence-corrected chi connectivity index (χ1v) is 6.75. The first-order chi connectivity index (χ1) is 10.1. The Morgan fingerprint density at radius 2 is 2.05 bits per heavy atom. The van der Waals surface area contributed by atoms with Gasteiger partial charge in [0.15, 0.2) is 0 Å². The number of carboxylic acids is 1. The summed E-state index contributed by atoms with van der Waals surface area (Å²) >= 11 is 0. The first-order valence-electron chi connectivity index (χ1n) is 6.75. The van der Waals surface area contributed by atoms with E-state index in [1.165, 1.54) is 0 Å². The summed E-state index contributed by atoms with van der Waals surface area (Å²) in [5.74, 6) is -0.0642. The summed E-state index contributed by atoms with van der Waals surface area (Å²) in [4.78, 5) is 19.8. The Bertz CT molecular complexity index is 791. The molecule has 3 aromatic rings. The van der Waals surface area contributed by atoms with E-state index in [9.17, 15) is 4.79 Å². The lowest BCUT2D eigenvalue weighted by Crippen LogP contribution is -2.06. The van der Waals surface area contributed by atoms with Gasteiger partial charge in [0.25, 0.3) is 0 Å². The van der Waals surface area contributed by atoms with E-state index < -0.39 is 5.97 Å². The number of para-hydroxylation sites is 2. The molecule has 2 heterocycles. The van der Waals surface area contributed by atoms with Gasteiger partial charge >= 0.3 is 5.97 Å². The molecule has 3 rings (SSSR count). The summed E-state index contributed by atoms with van der Waals surface area (Å²) in [5, 5.41) is 8.94. The van der Waals surface area contributed by atoms with Gasteiger partial charge in [0, 0.05) is 24.0 Å². The zero-order chi connectivity index (χ0) is 14.8. The predicted octanol–water partition coefficient (Wildman–Crippen LogP) is 2.88. The SMILES string of the molecule is Cc1ccc(-c2nc3ccccc3n2CCC(=O)O)cn1. The van der Waals surface area contributed by atoms with E-state index in [1.807, 2.05) is 47.9 Å². The Labute approximate surface area is 121 Å². The van der Waals surface area contributed by atoms with Gasteiger partial charge in [-0.1, -0.05) is 12.1 Å². The van der Waals surface area contributed by atoms with Crippen LogP contribution >= 0.6 is 0 Å². The number of hydrogen-bond acceptors (Lipinski definition) is 3. The normalized spacial score (nSPS) is 10.9. The summed E-state index contributed by atoms with van der Waals surface area (Å²) in [6.07, 6.45) is 1.83. The number of imidazole rings is 1. The molecular formula is C16H15N3O2. The fourth-order valence-corrected chi connectivity index (χ4v) is 2.33. The van der Waals surface area contributed by atoms with Crippen molar-refractivity contribution in [2.45, 2.75) is 19.9 Å². The molecule has 0 amide bonds. The maximum absolute atomic E-state index is 10.9. The summed E-state index contributed by atoms with van der Waals surface area (Å²) in [5.41, 5.74) is 3.63. The summed E-state index contributed by atoms with van der Waals surface area (Å²) in [7, 11) is 0. The van der Waals surface area contributed by atoms with Gasteiger partial charge in [-0.25, -0.2) is 4.98 Å². The number of benzene rings is 1. The van der Waals surface area contributed by atoms with Gasteiger partial charge in [-0.3, -0.25) is 9.78 Å². The van der Waals surface area contributed by atoms with Crippen LogP contribution in [-0.2, 0) is 11.3 Å². The third kappa shape index (κ3) is 2.63. The molecule has 0 saturated heterocycles. The third-order valence-electron chi connectivity index (χ3n) is 3.37. The molecule has 0 aliphatic carbocycles. The number of carbonyl (C=O) groups is 1. The van der Waals surface area contributed by atoms with Crippen LogP contribution in [-0.4, -0.2) is 25.6 Å². The number of nitrogens with zero attached hydrogens (tertiary/aromatic N) is 3. The zero-order valence-electron chi connectivity index (χ0n) is 11.7. The molecule has 21 heavy (non-hydrogen) atoms. The minimum Gasteiger partial charge on any atom is -0.481 e. The molecule has 1 N–H and O–H groups in total. The second-order valence-corrected chi connectivity index (χ2v) is 4.91. The van der Waals surface area contributed by atoms with Crippen LogP contribution in [0.2, 0.25) is 0 Å². The molecule has 2 aromatic heterocycles. The molecule has 106 valence electrons. The van der Waals surface area contributed by atoms with Crippen LogP contribution in [0.15, 0.2) is 42.6 Å². The number of aliphatic carboxylic acids is 1. The number of carboxylic acid groups (broad SMARTS) is 1. The number of aryl methyl sites for hydroxylation is 2. The summed E-state index contributed by atoms with van der Waals surface area (Å²) in [6.45, 7) is 2.32. The Morgan fingerprint density at radius 3 is 2.76 bits per heavy atom. The van der Waals surface area contributed by atoms with E-state index in [2.05, 4.69) is 9.97 Å². The third-order valence-corrected chi connectivity index (χ3v) is 3.37. The van der Waals surface area contributed by atoms with Gasteiger partial charge in [-0.15, -0.1) is 0 Å². The minimum atomic E-state index is -0.819. The minimum absolute atomic E-state index is 0.0621. The fourth-order valence-electron chi connectivity index (χ4n) is 2.33. The predicted molar refractivity (Wildman–Crippen MR) is 80.0 cm³/mol. The molecule has 1 aromatic carbocycles. The topological polar surface area (TPSA) is 68.0 Å². The second-order valence-electron chi connectivity index (χ2n) is 4.91. The molecule has 5 nitrogen and oxygen atoms in total. The standard InChI is InChI=1S/C16H15N3O2/c1-11-6-7-12(10-17-11)16-18-13-4-2-3-5-14(13)19(16)9-8-15(20)21/h2-7,10H,8-9H2,1H3,(H,20,21). The van der Waals surface area contributed by atoms with Crippen LogP contribution in [0.3, 0.4) is 0 Å². The van der Waals surface area contributed by atoms with Crippen molar-refractivity contribution in [3.05, 3.63) is 48.3 Å². The molecule has 0 unspecified atom stereocenters. The molecule has 0 bridgehead atoms. The Kier molecular flexibility index (Phi) is 3.39. The van der Waals surface area contributed by atoms with Gasteiger partial charge in [0.2, 0.25) is 0 Å². The number of aromatic nitrogens is 3. The maximum Gasteiger partial charge on any atom is 0.305 e. The molecule has 0 radical (unpaired) electrons. The van der Waals surface area contributed by atoms with Crippen LogP contribution < -0.4 is 0 Å². The van der Waals surface area contributed by atoms with Crippen molar-refractivity contribution in [2.75, 3.05) is 0 Å². The van der Waals surface area contributed by atoms with Crippen LogP contribution in [0.5, 0.6) is 0 Å². The first kappa shape index (κ1) is 13.3. The highest BCUT2D eigenvalue weighted by Crippen LogP contribution is 2.24. The zero-order valence-corrected chi connectivity index (χ0v) is 11.7. The fraction of sp³-hybridized carbons (Fsp3) is 0.188. The highest BCUT2D eigenvalue weighted by Gasteiger charge is 2.13. The highest BCUT2D eigenvalue weighted by atomic mass is 16.4. The number of hydrogen-bond donors (Lipinski definition) is 1. The molecule has 0 spiro atoms. The van der Waals surface area contributed by atoms with Gasteiger partial charge < -0.3 is 9.67 Å². The average Bonchev–Trinajstić information content (AvgIpc) is 2.84. The van der Waals surface area contributed by atoms with Gasteiger partial charge in [-0.05, 0) is 31.2 Å². The lowest BCUT2D eigenvalue weighted by molar-refractivity contribution is -0.137. The van der Waals surface area contributed by atoms with E-state index in [0.29, 0.717) is 6.54 Å². The number of rotatable bonds is 4. The van der Waals surface area contributed by atoms with Crippen molar-refractivity contribution < 1.29 is 9.90 Å². The van der Waals surface area contributed by atoms with Gasteiger partial charge in [0.05, 0.1) is 17.5 Å². The van der Waals surface area contributed by atoms with Crippen LogP contribution in [0.4, 0.5) is 0 Å². The van der Waals surface area contributed by atoms with Crippen molar-refractivity contribution >= 4 is 17.0 Å². The molecule has 0 aliphatic heterocycles. The van der Waals surface area contributed by atoms with E-state index in [4.69, 9.17) is 5.11 Å². The molecule has 5 heteroatoms. The lowest BCUT2D eigenvalue weighted by atomic mass is 10.2. The van der Waals surface area contributed by atoms with Crippen molar-refractivity contribution in [1.29, 1.82) is 0 Å². The summed E-state index contributed by atoms with van der Waals surface area (Å²) < 4.78 is 1.94. The second kappa shape index (κ2) is 5.36. The number of pyridine rings is 1. The Hall–Kier alpha value is -2.69. The van der Waals surface area contributed by atoms with Crippen molar-refractivity contribution in [3.63, 3.8) is 0 Å². The quantitative estimate of drug-likeness (QED) is 0.798. The largest absolute Gasteiger partial charge is 0.481 e. The van der Waals surface area contributed by atoms with Gasteiger partial charge in [0.1, 0.15) is 5.82 Å². The average molecular weight is 281 g/mol. The molecule has 0 aliphatic rings. The molecule has 0 fully saturated rings. The molecule has 0 atom stereocenters. The van der Waals surface area contributed by atoms with Crippen molar-refractivity contribution in [3.8, 4) is 11.4 Å². The van der Waals surface area contributed by atoms with E-state index in [-0.39, 0.29) is 6.42 Å². The molecular weight excluding hydrogens is 266 g/mol. The summed E-state index contributed by atoms with van der Waals surface area (Å²) in [6, 6.07) is 11.6. The smallest absolute Gasteiger partial charge is 0.305 e. The Balaban J connectivity index is 2.13. The lowest BCUT2D eigenvalue weighted by Gasteiger charge is -2.07. The highest BCUT2D eigenvalue weighted by molar-refractivity contribution is 5.80. The van der Waals surface area contributed by atoms with Crippen molar-refractivity contribution in [1.82, 2.24) is 14.5 Å². The van der Waals surface area contributed by atoms with E-state index >= 15 is 0 Å². The van der Waals surface area contributed by atoms with Crippen LogP contribution in [0, 0.1) is 6.92 Å². The number of fused-ring (bicyclic) bond motifs is 1. The van der Waals surface area contributed by atoms with E-state index in [1.54, 1.807) is 6.20 Å². The molecule has 0 saturated carbocycles. The van der Waals surface area contributed by atoms with Crippen molar-refractivity contribution in [2.24, 2.45) is 0 Å². The van der Waals surface area contributed by atoms with Crippen LogP contribution in [0.1, 0.15) is 12.1 Å². The van der Waals surface area contributed by atoms with Crippen LogP contribution in [0.25, 0.3) is 22.4 Å². The monoisotopic (exact) mass is 281 g/mol. The van der Waals surface area contributed by atoms with E-state index in [0.717, 1.165) is 28.1 Å². The Morgan fingerprint density at radius 1 is 1.24 bits per heavy atom. The van der Waals surface area contributed by atoms with Gasteiger partial charge in [-0.2, -0.15) is 0 Å². The maximum atomic E-state index is 10.9.